The zero-order chi connectivity index (χ0) is 18.6. The van der Waals surface area contributed by atoms with E-state index < -0.39 is 0 Å². The first-order valence-corrected chi connectivity index (χ1v) is 10.4. The van der Waals surface area contributed by atoms with Gasteiger partial charge in [0.25, 0.3) is 5.91 Å². The highest BCUT2D eigenvalue weighted by molar-refractivity contribution is 5.98. The van der Waals surface area contributed by atoms with Gasteiger partial charge < -0.3 is 14.8 Å². The molecule has 5 heteroatoms. The highest BCUT2D eigenvalue weighted by Gasteiger charge is 2.27. The molecule has 1 aromatic carbocycles. The molecule has 0 bridgehead atoms. The fourth-order valence-electron chi connectivity index (χ4n) is 4.40. The summed E-state index contributed by atoms with van der Waals surface area (Å²) in [5.74, 6) is 0.799. The van der Waals surface area contributed by atoms with Crippen molar-refractivity contribution >= 4 is 22.7 Å². The smallest absolute Gasteiger partial charge is 0.270 e. The van der Waals surface area contributed by atoms with Crippen LogP contribution in [0.1, 0.15) is 55.4 Å². The second-order valence-corrected chi connectivity index (χ2v) is 8.00. The Bertz CT molecular complexity index is 764. The van der Waals surface area contributed by atoms with Gasteiger partial charge in [-0.3, -0.25) is 9.59 Å². The van der Waals surface area contributed by atoms with Crippen LogP contribution < -0.4 is 0 Å². The summed E-state index contributed by atoms with van der Waals surface area (Å²) >= 11 is 0. The molecule has 0 atom stereocenters. The minimum absolute atomic E-state index is 0.0727. The first-order chi connectivity index (χ1) is 13.2. The lowest BCUT2D eigenvalue weighted by Crippen LogP contribution is -2.40. The minimum Gasteiger partial charge on any atom is -0.351 e. The molecule has 2 amide bonds. The van der Waals surface area contributed by atoms with Gasteiger partial charge >= 0.3 is 0 Å². The normalized spacial score (nSPS) is 19.3. The van der Waals surface area contributed by atoms with E-state index in [0.29, 0.717) is 23.9 Å². The van der Waals surface area contributed by atoms with Crippen molar-refractivity contribution in [2.45, 2.75) is 44.9 Å². The lowest BCUT2D eigenvalue weighted by molar-refractivity contribution is -0.132. The molecule has 144 valence electrons. The van der Waals surface area contributed by atoms with Crippen molar-refractivity contribution in [1.82, 2.24) is 14.8 Å². The Morgan fingerprint density at radius 1 is 0.926 bits per heavy atom. The van der Waals surface area contributed by atoms with Crippen LogP contribution in [0, 0.1) is 5.92 Å². The van der Waals surface area contributed by atoms with Crippen LogP contribution in [0.2, 0.25) is 0 Å². The van der Waals surface area contributed by atoms with E-state index in [4.69, 9.17) is 0 Å². The number of carbonyl (C=O) groups is 2. The monoisotopic (exact) mass is 367 g/mol. The van der Waals surface area contributed by atoms with Crippen LogP contribution >= 0.6 is 0 Å². The van der Waals surface area contributed by atoms with E-state index in [2.05, 4.69) is 9.88 Å². The van der Waals surface area contributed by atoms with E-state index in [9.17, 15) is 9.59 Å². The number of fused-ring (bicyclic) bond motifs is 1. The molecule has 2 aromatic rings. The summed E-state index contributed by atoms with van der Waals surface area (Å²) in [6.07, 6.45) is 7.27. The zero-order valence-electron chi connectivity index (χ0n) is 16.0. The van der Waals surface area contributed by atoms with Crippen molar-refractivity contribution in [3.8, 4) is 0 Å². The van der Waals surface area contributed by atoms with Gasteiger partial charge in [0.1, 0.15) is 5.69 Å². The molecular weight excluding hydrogens is 338 g/mol. The number of hydrogen-bond donors (Lipinski definition) is 1. The number of para-hydroxylation sites is 1. The molecule has 5 nitrogen and oxygen atoms in total. The van der Waals surface area contributed by atoms with Gasteiger partial charge in [-0.05, 0) is 43.7 Å². The molecular formula is C22H29N3O2. The van der Waals surface area contributed by atoms with Crippen LogP contribution in [0.15, 0.2) is 30.3 Å². The molecule has 1 aromatic heterocycles. The number of likely N-dealkylation sites (tertiary alicyclic amines) is 2. The second-order valence-electron chi connectivity index (χ2n) is 8.00. The average Bonchev–Trinajstić information content (AvgIpc) is 2.94. The van der Waals surface area contributed by atoms with E-state index in [1.54, 1.807) is 0 Å². The minimum atomic E-state index is 0.0727. The predicted molar refractivity (Wildman–Crippen MR) is 107 cm³/mol. The largest absolute Gasteiger partial charge is 0.351 e. The molecule has 2 aliphatic heterocycles. The SMILES string of the molecule is O=C(CC1CCN(C(=O)c2cc3ccccc3[nH]2)CC1)N1CCCCCC1. The van der Waals surface area contributed by atoms with Crippen molar-refractivity contribution in [2.24, 2.45) is 5.92 Å². The van der Waals surface area contributed by atoms with Gasteiger partial charge in [-0.15, -0.1) is 0 Å². The molecule has 0 unspecified atom stereocenters. The van der Waals surface area contributed by atoms with Crippen LogP contribution in [0.3, 0.4) is 0 Å². The highest BCUT2D eigenvalue weighted by Crippen LogP contribution is 2.24. The summed E-state index contributed by atoms with van der Waals surface area (Å²) in [7, 11) is 0. The van der Waals surface area contributed by atoms with Crippen molar-refractivity contribution in [3.63, 3.8) is 0 Å². The standard InChI is InChI=1S/C22H29N3O2/c26-21(24-11-5-1-2-6-12-24)15-17-9-13-25(14-10-17)22(27)20-16-18-7-3-4-8-19(18)23-20/h3-4,7-8,16-17,23H,1-2,5-6,9-15H2. The number of rotatable bonds is 3. The Morgan fingerprint density at radius 3 is 2.33 bits per heavy atom. The summed E-state index contributed by atoms with van der Waals surface area (Å²) < 4.78 is 0. The van der Waals surface area contributed by atoms with Gasteiger partial charge in [0.15, 0.2) is 0 Å². The number of hydrogen-bond acceptors (Lipinski definition) is 2. The lowest BCUT2D eigenvalue weighted by Gasteiger charge is -2.32. The maximum absolute atomic E-state index is 12.8. The Kier molecular flexibility index (Phi) is 5.46. The lowest BCUT2D eigenvalue weighted by atomic mass is 9.92. The van der Waals surface area contributed by atoms with Gasteiger partial charge in [-0.1, -0.05) is 31.0 Å². The molecule has 2 fully saturated rings. The third-order valence-electron chi connectivity index (χ3n) is 6.08. The van der Waals surface area contributed by atoms with Crippen LogP contribution in [-0.2, 0) is 4.79 Å². The number of nitrogens with zero attached hydrogens (tertiary/aromatic N) is 2. The van der Waals surface area contributed by atoms with Crippen LogP contribution in [0.25, 0.3) is 10.9 Å². The maximum Gasteiger partial charge on any atom is 0.270 e. The third kappa shape index (κ3) is 4.18. The van der Waals surface area contributed by atoms with Crippen molar-refractivity contribution in [1.29, 1.82) is 0 Å². The van der Waals surface area contributed by atoms with Gasteiger partial charge in [0, 0.05) is 43.5 Å². The Balaban J connectivity index is 1.30. The summed E-state index contributed by atoms with van der Waals surface area (Å²) in [4.78, 5) is 32.6. The Hall–Kier alpha value is -2.30. The highest BCUT2D eigenvalue weighted by atomic mass is 16.2. The van der Waals surface area contributed by atoms with Crippen molar-refractivity contribution in [3.05, 3.63) is 36.0 Å². The van der Waals surface area contributed by atoms with Gasteiger partial charge in [0.2, 0.25) is 5.91 Å². The molecule has 0 spiro atoms. The summed E-state index contributed by atoms with van der Waals surface area (Å²) in [6, 6.07) is 9.90. The summed E-state index contributed by atoms with van der Waals surface area (Å²) in [5, 5.41) is 1.07. The third-order valence-corrected chi connectivity index (χ3v) is 6.08. The molecule has 0 aliphatic carbocycles. The number of amides is 2. The molecule has 0 radical (unpaired) electrons. The zero-order valence-corrected chi connectivity index (χ0v) is 16.0. The van der Waals surface area contributed by atoms with Gasteiger partial charge in [-0.2, -0.15) is 0 Å². The molecule has 4 rings (SSSR count). The average molecular weight is 367 g/mol. The topological polar surface area (TPSA) is 56.4 Å². The maximum atomic E-state index is 12.8. The fraction of sp³-hybridized carbons (Fsp3) is 0.545. The van der Waals surface area contributed by atoms with Crippen LogP contribution in [-0.4, -0.2) is 52.8 Å². The molecule has 27 heavy (non-hydrogen) atoms. The number of carbonyl (C=O) groups excluding carboxylic acids is 2. The number of aromatic nitrogens is 1. The van der Waals surface area contributed by atoms with Crippen LogP contribution in [0.5, 0.6) is 0 Å². The van der Waals surface area contributed by atoms with Gasteiger partial charge in [-0.25, -0.2) is 0 Å². The first-order valence-electron chi connectivity index (χ1n) is 10.4. The summed E-state index contributed by atoms with van der Waals surface area (Å²) in [6.45, 7) is 3.34. The Morgan fingerprint density at radius 2 is 1.63 bits per heavy atom. The van der Waals surface area contributed by atoms with Crippen molar-refractivity contribution in [2.75, 3.05) is 26.2 Å². The Labute approximate surface area is 160 Å². The van der Waals surface area contributed by atoms with Crippen molar-refractivity contribution < 1.29 is 9.59 Å². The number of aromatic amines is 1. The number of benzene rings is 1. The summed E-state index contributed by atoms with van der Waals surface area (Å²) in [5.41, 5.74) is 1.66. The molecule has 2 saturated heterocycles. The van der Waals surface area contributed by atoms with E-state index in [1.807, 2.05) is 35.2 Å². The number of nitrogens with one attached hydrogen (secondary N) is 1. The quantitative estimate of drug-likeness (QED) is 0.897. The second kappa shape index (κ2) is 8.15. The molecule has 2 aliphatic rings. The van der Waals surface area contributed by atoms with E-state index >= 15 is 0 Å². The fourth-order valence-corrected chi connectivity index (χ4v) is 4.40. The first kappa shape index (κ1) is 18.1. The number of piperidine rings is 1. The molecule has 3 heterocycles. The molecule has 0 saturated carbocycles. The predicted octanol–water partition coefficient (Wildman–Crippen LogP) is 3.81. The van der Waals surface area contributed by atoms with Gasteiger partial charge in [0.05, 0.1) is 0 Å². The number of H-pyrrole nitrogens is 1. The van der Waals surface area contributed by atoms with E-state index in [1.165, 1.54) is 12.8 Å². The van der Waals surface area contributed by atoms with E-state index in [-0.39, 0.29) is 5.91 Å². The van der Waals surface area contributed by atoms with E-state index in [0.717, 1.165) is 62.8 Å². The van der Waals surface area contributed by atoms with Crippen LogP contribution in [0.4, 0.5) is 0 Å². The molecule has 1 N–H and O–H groups in total.